The lowest BCUT2D eigenvalue weighted by Gasteiger charge is -2.19. The summed E-state index contributed by atoms with van der Waals surface area (Å²) in [5, 5.41) is 3.51. The number of hydrogen-bond donors (Lipinski definition) is 1. The quantitative estimate of drug-likeness (QED) is 0.777. The van der Waals surface area contributed by atoms with Crippen molar-refractivity contribution in [3.8, 4) is 5.75 Å². The number of benzene rings is 1. The monoisotopic (exact) mass is 373 g/mol. The van der Waals surface area contributed by atoms with Gasteiger partial charge in [0.1, 0.15) is 10.8 Å². The highest BCUT2D eigenvalue weighted by molar-refractivity contribution is 7.17. The Kier molecular flexibility index (Phi) is 5.61. The fraction of sp³-hybridized carbons (Fsp3) is 0.400. The Morgan fingerprint density at radius 2 is 2.00 bits per heavy atom. The molecular formula is C20H23NO4S. The van der Waals surface area contributed by atoms with Crippen molar-refractivity contribution < 1.29 is 19.1 Å². The molecule has 2 aromatic rings. The molecule has 5 nitrogen and oxygen atoms in total. The highest BCUT2D eigenvalue weighted by atomic mass is 32.1. The van der Waals surface area contributed by atoms with Gasteiger partial charge in [-0.2, -0.15) is 0 Å². The molecule has 0 fully saturated rings. The van der Waals surface area contributed by atoms with Crippen molar-refractivity contribution >= 4 is 28.2 Å². The summed E-state index contributed by atoms with van der Waals surface area (Å²) in [5.74, 6) is 0.378. The van der Waals surface area contributed by atoms with Crippen molar-refractivity contribution in [1.82, 2.24) is 0 Å². The van der Waals surface area contributed by atoms with E-state index in [9.17, 15) is 9.59 Å². The van der Waals surface area contributed by atoms with Gasteiger partial charge in [0.25, 0.3) is 5.91 Å². The van der Waals surface area contributed by atoms with Crippen LogP contribution in [0.1, 0.15) is 63.8 Å². The topological polar surface area (TPSA) is 64.6 Å². The lowest BCUT2D eigenvalue weighted by Crippen LogP contribution is -2.16. The van der Waals surface area contributed by atoms with E-state index in [4.69, 9.17) is 9.47 Å². The first-order valence-electron chi connectivity index (χ1n) is 8.83. The molecule has 6 heteroatoms. The van der Waals surface area contributed by atoms with Crippen LogP contribution in [0.25, 0.3) is 0 Å². The third kappa shape index (κ3) is 3.60. The summed E-state index contributed by atoms with van der Waals surface area (Å²) >= 11 is 1.49. The molecule has 1 N–H and O–H groups in total. The molecule has 3 rings (SSSR count). The van der Waals surface area contributed by atoms with E-state index in [1.165, 1.54) is 16.2 Å². The Morgan fingerprint density at radius 3 is 2.65 bits per heavy atom. The third-order valence-electron chi connectivity index (χ3n) is 4.61. The number of carbonyl (C=O) groups is 2. The molecule has 0 spiro atoms. The van der Waals surface area contributed by atoms with Gasteiger partial charge in [0.05, 0.1) is 19.3 Å². The molecule has 1 aliphatic carbocycles. The molecule has 1 atom stereocenters. The van der Waals surface area contributed by atoms with E-state index in [1.54, 1.807) is 38.3 Å². The van der Waals surface area contributed by atoms with Crippen molar-refractivity contribution in [2.75, 3.05) is 19.0 Å². The van der Waals surface area contributed by atoms with Crippen molar-refractivity contribution in [3.05, 3.63) is 45.8 Å². The highest BCUT2D eigenvalue weighted by Gasteiger charge is 2.30. The zero-order valence-electron chi connectivity index (χ0n) is 15.3. The second-order valence-electron chi connectivity index (χ2n) is 6.34. The number of thiophene rings is 1. The van der Waals surface area contributed by atoms with Crippen LogP contribution in [0, 0.1) is 0 Å². The van der Waals surface area contributed by atoms with Crippen LogP contribution in [0.2, 0.25) is 0 Å². The highest BCUT2D eigenvalue weighted by Crippen LogP contribution is 2.43. The number of fused-ring (bicyclic) bond motifs is 1. The second kappa shape index (κ2) is 7.91. The van der Waals surface area contributed by atoms with Crippen LogP contribution in [0.3, 0.4) is 0 Å². The van der Waals surface area contributed by atoms with Gasteiger partial charge in [0.2, 0.25) is 0 Å². The smallest absolute Gasteiger partial charge is 0.341 e. The Balaban J connectivity index is 1.93. The standard InChI is InChI=1S/C20H23NO4S/c1-4-25-20(23)17-16-12(2)6-5-7-15(16)26-19(17)21-18(22)13-8-10-14(24-3)11-9-13/h8-12H,4-7H2,1-3H3,(H,21,22). The molecule has 0 radical (unpaired) electrons. The lowest BCUT2D eigenvalue weighted by molar-refractivity contribution is 0.0526. The van der Waals surface area contributed by atoms with Crippen molar-refractivity contribution in [2.45, 2.75) is 39.0 Å². The Morgan fingerprint density at radius 1 is 1.27 bits per heavy atom. The van der Waals surface area contributed by atoms with Gasteiger partial charge in [0, 0.05) is 10.4 Å². The van der Waals surface area contributed by atoms with E-state index in [-0.39, 0.29) is 11.9 Å². The fourth-order valence-corrected chi connectivity index (χ4v) is 4.67. The molecule has 138 valence electrons. The molecule has 1 unspecified atom stereocenters. The maximum Gasteiger partial charge on any atom is 0.341 e. The zero-order chi connectivity index (χ0) is 18.7. The predicted octanol–water partition coefficient (Wildman–Crippen LogP) is 4.63. The molecule has 0 saturated carbocycles. The van der Waals surface area contributed by atoms with E-state index >= 15 is 0 Å². The van der Waals surface area contributed by atoms with Gasteiger partial charge in [-0.15, -0.1) is 11.3 Å². The number of aryl methyl sites for hydroxylation is 1. The minimum atomic E-state index is -0.358. The molecule has 1 aliphatic rings. The van der Waals surface area contributed by atoms with Crippen LogP contribution in [0.4, 0.5) is 5.00 Å². The van der Waals surface area contributed by atoms with Gasteiger partial charge in [-0.1, -0.05) is 6.92 Å². The van der Waals surface area contributed by atoms with Crippen LogP contribution in [-0.4, -0.2) is 25.6 Å². The summed E-state index contributed by atoms with van der Waals surface area (Å²) in [7, 11) is 1.58. The molecule has 0 aliphatic heterocycles. The summed E-state index contributed by atoms with van der Waals surface area (Å²) in [5.41, 5.74) is 2.09. The number of ether oxygens (including phenoxy) is 2. The molecular weight excluding hydrogens is 350 g/mol. The van der Waals surface area contributed by atoms with Gasteiger partial charge in [0.15, 0.2) is 0 Å². The van der Waals surface area contributed by atoms with Crippen LogP contribution < -0.4 is 10.1 Å². The average molecular weight is 373 g/mol. The molecule has 1 amide bonds. The molecule has 1 aromatic heterocycles. The van der Waals surface area contributed by atoms with Crippen LogP contribution >= 0.6 is 11.3 Å². The summed E-state index contributed by atoms with van der Waals surface area (Å²) in [6, 6.07) is 6.88. The maximum absolute atomic E-state index is 12.6. The van der Waals surface area contributed by atoms with Crippen LogP contribution in [-0.2, 0) is 11.2 Å². The first kappa shape index (κ1) is 18.5. The molecule has 0 saturated heterocycles. The Bertz CT molecular complexity index is 810. The SMILES string of the molecule is CCOC(=O)c1c(NC(=O)c2ccc(OC)cc2)sc2c1C(C)CCC2. The fourth-order valence-electron chi connectivity index (χ4n) is 3.32. The molecule has 0 bridgehead atoms. The van der Waals surface area contributed by atoms with E-state index < -0.39 is 0 Å². The number of anilines is 1. The minimum Gasteiger partial charge on any atom is -0.497 e. The number of nitrogens with one attached hydrogen (secondary N) is 1. The lowest BCUT2D eigenvalue weighted by atomic mass is 9.86. The molecule has 1 heterocycles. The minimum absolute atomic E-state index is 0.246. The summed E-state index contributed by atoms with van der Waals surface area (Å²) in [4.78, 5) is 26.4. The average Bonchev–Trinajstić information content (AvgIpc) is 3.01. The van der Waals surface area contributed by atoms with Crippen molar-refractivity contribution in [3.63, 3.8) is 0 Å². The third-order valence-corrected chi connectivity index (χ3v) is 5.80. The van der Waals surface area contributed by atoms with E-state index in [2.05, 4.69) is 12.2 Å². The van der Waals surface area contributed by atoms with Gasteiger partial charge < -0.3 is 14.8 Å². The second-order valence-corrected chi connectivity index (χ2v) is 7.44. The molecule has 1 aromatic carbocycles. The number of hydrogen-bond acceptors (Lipinski definition) is 5. The number of esters is 1. The summed E-state index contributed by atoms with van der Waals surface area (Å²) < 4.78 is 10.4. The summed E-state index contributed by atoms with van der Waals surface area (Å²) in [6.45, 7) is 4.22. The largest absolute Gasteiger partial charge is 0.497 e. The summed E-state index contributed by atoms with van der Waals surface area (Å²) in [6.07, 6.45) is 3.08. The Hall–Kier alpha value is -2.34. The number of rotatable bonds is 5. The molecule has 26 heavy (non-hydrogen) atoms. The van der Waals surface area contributed by atoms with Crippen molar-refractivity contribution in [1.29, 1.82) is 0 Å². The number of methoxy groups -OCH3 is 1. The van der Waals surface area contributed by atoms with Crippen molar-refractivity contribution in [2.24, 2.45) is 0 Å². The van der Waals surface area contributed by atoms with E-state index in [0.717, 1.165) is 24.8 Å². The predicted molar refractivity (Wildman–Crippen MR) is 103 cm³/mol. The van der Waals surface area contributed by atoms with Gasteiger partial charge >= 0.3 is 5.97 Å². The first-order valence-corrected chi connectivity index (χ1v) is 9.64. The van der Waals surface area contributed by atoms with Gasteiger partial charge in [-0.25, -0.2) is 4.79 Å². The number of amides is 1. The first-order chi connectivity index (χ1) is 12.5. The van der Waals surface area contributed by atoms with Gasteiger partial charge in [-0.3, -0.25) is 4.79 Å². The maximum atomic E-state index is 12.6. The Labute approximate surface area is 157 Å². The van der Waals surface area contributed by atoms with Crippen LogP contribution in [0.5, 0.6) is 5.75 Å². The van der Waals surface area contributed by atoms with Gasteiger partial charge in [-0.05, 0) is 61.9 Å². The van der Waals surface area contributed by atoms with E-state index in [1.807, 2.05) is 0 Å². The normalized spacial score (nSPS) is 15.9. The van der Waals surface area contributed by atoms with Crippen LogP contribution in [0.15, 0.2) is 24.3 Å². The number of carbonyl (C=O) groups excluding carboxylic acids is 2. The van der Waals surface area contributed by atoms with E-state index in [0.29, 0.717) is 34.4 Å². The zero-order valence-corrected chi connectivity index (χ0v) is 16.1.